The molecule has 0 saturated heterocycles. The molecule has 0 heterocycles. The van der Waals surface area contributed by atoms with Crippen LogP contribution in [-0.2, 0) is 6.42 Å². The summed E-state index contributed by atoms with van der Waals surface area (Å²) in [5.41, 5.74) is 3.85. The van der Waals surface area contributed by atoms with Crippen LogP contribution in [0, 0.1) is 0 Å². The third kappa shape index (κ3) is 6.33. The van der Waals surface area contributed by atoms with E-state index in [1.165, 1.54) is 0 Å². The fourth-order valence-corrected chi connectivity index (χ4v) is 3.42. The number of carboxylic acid groups (broad SMARTS) is 1. The SMILES string of the molecule is CC(C)Oc1cc(-c2ccc(CCNC[C@@H](O)c3cccc(O)c3)cc2)ccc1C(=O)O. The summed E-state index contributed by atoms with van der Waals surface area (Å²) in [4.78, 5) is 11.4. The first kappa shape index (κ1) is 23.3. The average Bonchev–Trinajstić information content (AvgIpc) is 2.76. The van der Waals surface area contributed by atoms with Gasteiger partial charge in [0.15, 0.2) is 0 Å². The number of carbonyl (C=O) groups is 1. The molecule has 168 valence electrons. The first-order chi connectivity index (χ1) is 15.3. The van der Waals surface area contributed by atoms with Crippen LogP contribution in [0.2, 0.25) is 0 Å². The van der Waals surface area contributed by atoms with Gasteiger partial charge in [-0.1, -0.05) is 42.5 Å². The zero-order valence-corrected chi connectivity index (χ0v) is 18.3. The molecule has 0 spiro atoms. The highest BCUT2D eigenvalue weighted by Gasteiger charge is 2.14. The molecule has 0 aliphatic heterocycles. The molecule has 6 heteroatoms. The van der Waals surface area contributed by atoms with Crippen molar-refractivity contribution in [3.8, 4) is 22.6 Å². The molecular formula is C26H29NO5. The number of nitrogens with one attached hydrogen (secondary N) is 1. The van der Waals surface area contributed by atoms with Gasteiger partial charge in [0.1, 0.15) is 17.1 Å². The van der Waals surface area contributed by atoms with E-state index in [0.29, 0.717) is 24.4 Å². The third-order valence-corrected chi connectivity index (χ3v) is 5.05. The summed E-state index contributed by atoms with van der Waals surface area (Å²) in [5.74, 6) is -0.505. The van der Waals surface area contributed by atoms with E-state index >= 15 is 0 Å². The summed E-state index contributed by atoms with van der Waals surface area (Å²) in [5, 5.41) is 32.3. The molecule has 0 unspecified atom stereocenters. The maximum absolute atomic E-state index is 11.4. The predicted octanol–water partition coefficient (Wildman–Crippen LogP) is 4.41. The molecule has 0 aliphatic carbocycles. The van der Waals surface area contributed by atoms with E-state index < -0.39 is 12.1 Å². The molecule has 0 saturated carbocycles. The highest BCUT2D eigenvalue weighted by molar-refractivity contribution is 5.92. The van der Waals surface area contributed by atoms with Crippen molar-refractivity contribution in [3.63, 3.8) is 0 Å². The number of phenolic OH excluding ortho intramolecular Hbond substituents is 1. The van der Waals surface area contributed by atoms with E-state index in [1.54, 1.807) is 42.5 Å². The zero-order chi connectivity index (χ0) is 23.1. The molecule has 3 aromatic rings. The topological polar surface area (TPSA) is 99.0 Å². The number of rotatable bonds is 10. The Labute approximate surface area is 188 Å². The molecule has 6 nitrogen and oxygen atoms in total. The number of aromatic hydroxyl groups is 1. The van der Waals surface area contributed by atoms with E-state index in [2.05, 4.69) is 5.32 Å². The molecule has 32 heavy (non-hydrogen) atoms. The summed E-state index contributed by atoms with van der Waals surface area (Å²) in [6.07, 6.45) is -0.00277. The summed E-state index contributed by atoms with van der Waals surface area (Å²) < 4.78 is 5.69. The molecule has 1 atom stereocenters. The van der Waals surface area contributed by atoms with Gasteiger partial charge in [0, 0.05) is 6.54 Å². The van der Waals surface area contributed by atoms with Crippen LogP contribution < -0.4 is 10.1 Å². The van der Waals surface area contributed by atoms with Crippen LogP contribution in [0.25, 0.3) is 11.1 Å². The number of ether oxygens (including phenoxy) is 1. The van der Waals surface area contributed by atoms with Gasteiger partial charge < -0.3 is 25.4 Å². The van der Waals surface area contributed by atoms with Gasteiger partial charge in [-0.05, 0) is 73.3 Å². The van der Waals surface area contributed by atoms with Gasteiger partial charge in [-0.25, -0.2) is 4.79 Å². The van der Waals surface area contributed by atoms with Crippen LogP contribution in [0.5, 0.6) is 11.5 Å². The summed E-state index contributed by atoms with van der Waals surface area (Å²) >= 11 is 0. The molecule has 0 radical (unpaired) electrons. The largest absolute Gasteiger partial charge is 0.508 e. The van der Waals surface area contributed by atoms with Crippen LogP contribution in [0.3, 0.4) is 0 Å². The van der Waals surface area contributed by atoms with Gasteiger partial charge in [0.05, 0.1) is 12.2 Å². The maximum atomic E-state index is 11.4. The van der Waals surface area contributed by atoms with Crippen molar-refractivity contribution in [1.82, 2.24) is 5.32 Å². The van der Waals surface area contributed by atoms with Gasteiger partial charge in [0.25, 0.3) is 0 Å². The number of benzene rings is 3. The van der Waals surface area contributed by atoms with Crippen molar-refractivity contribution in [2.45, 2.75) is 32.5 Å². The molecule has 3 aromatic carbocycles. The Morgan fingerprint density at radius 3 is 2.38 bits per heavy atom. The maximum Gasteiger partial charge on any atom is 0.339 e. The number of aliphatic hydroxyl groups is 1. The lowest BCUT2D eigenvalue weighted by Gasteiger charge is -2.14. The van der Waals surface area contributed by atoms with Crippen LogP contribution >= 0.6 is 0 Å². The highest BCUT2D eigenvalue weighted by Crippen LogP contribution is 2.28. The molecular weight excluding hydrogens is 406 g/mol. The monoisotopic (exact) mass is 435 g/mol. The van der Waals surface area contributed by atoms with E-state index in [9.17, 15) is 20.1 Å². The fraction of sp³-hybridized carbons (Fsp3) is 0.269. The first-order valence-corrected chi connectivity index (χ1v) is 10.6. The lowest BCUT2D eigenvalue weighted by Crippen LogP contribution is -2.23. The predicted molar refractivity (Wildman–Crippen MR) is 124 cm³/mol. The molecule has 3 rings (SSSR count). The molecule has 0 amide bonds. The highest BCUT2D eigenvalue weighted by atomic mass is 16.5. The van der Waals surface area contributed by atoms with Crippen LogP contribution in [0.1, 0.15) is 41.4 Å². The van der Waals surface area contributed by atoms with E-state index in [0.717, 1.165) is 23.1 Å². The Morgan fingerprint density at radius 2 is 1.72 bits per heavy atom. The average molecular weight is 436 g/mol. The number of hydrogen-bond acceptors (Lipinski definition) is 5. The van der Waals surface area contributed by atoms with E-state index in [-0.39, 0.29) is 17.4 Å². The second kappa shape index (κ2) is 10.8. The van der Waals surface area contributed by atoms with Gasteiger partial charge in [-0.3, -0.25) is 0 Å². The van der Waals surface area contributed by atoms with Gasteiger partial charge in [-0.2, -0.15) is 0 Å². The van der Waals surface area contributed by atoms with Gasteiger partial charge >= 0.3 is 5.97 Å². The number of aromatic carboxylic acids is 1. The number of hydrogen-bond donors (Lipinski definition) is 4. The minimum atomic E-state index is -1.01. The van der Waals surface area contributed by atoms with Gasteiger partial charge in [0.2, 0.25) is 0 Å². The normalized spacial score (nSPS) is 12.0. The number of phenols is 1. The fourth-order valence-electron chi connectivity index (χ4n) is 3.42. The Morgan fingerprint density at radius 1 is 1.00 bits per heavy atom. The van der Waals surface area contributed by atoms with Crippen molar-refractivity contribution in [2.75, 3.05) is 13.1 Å². The van der Waals surface area contributed by atoms with Crippen molar-refractivity contribution in [2.24, 2.45) is 0 Å². The standard InChI is InChI=1S/C26H29NO5/c1-17(2)32-25-15-20(10-11-23(25)26(30)31)19-8-6-18(7-9-19)12-13-27-16-24(29)21-4-3-5-22(28)14-21/h3-11,14-15,17,24,27-29H,12-13,16H2,1-2H3,(H,30,31)/t24-/m1/s1. The third-order valence-electron chi connectivity index (χ3n) is 5.05. The van der Waals surface area contributed by atoms with Crippen molar-refractivity contribution in [1.29, 1.82) is 0 Å². The number of carboxylic acids is 1. The Kier molecular flexibility index (Phi) is 7.87. The second-order valence-corrected chi connectivity index (χ2v) is 7.94. The molecule has 0 fully saturated rings. The van der Waals surface area contributed by atoms with Crippen molar-refractivity contribution < 1.29 is 24.9 Å². The van der Waals surface area contributed by atoms with Crippen LogP contribution in [-0.4, -0.2) is 40.5 Å². The lowest BCUT2D eigenvalue weighted by atomic mass is 10.0. The zero-order valence-electron chi connectivity index (χ0n) is 18.3. The first-order valence-electron chi connectivity index (χ1n) is 10.6. The minimum absolute atomic E-state index is 0.121. The van der Waals surface area contributed by atoms with Crippen molar-refractivity contribution >= 4 is 5.97 Å². The van der Waals surface area contributed by atoms with Crippen LogP contribution in [0.4, 0.5) is 0 Å². The van der Waals surface area contributed by atoms with Gasteiger partial charge in [-0.15, -0.1) is 0 Å². The smallest absolute Gasteiger partial charge is 0.339 e. The number of aliphatic hydroxyl groups excluding tert-OH is 1. The Hall–Kier alpha value is -3.35. The molecule has 4 N–H and O–H groups in total. The summed E-state index contributed by atoms with van der Waals surface area (Å²) in [6, 6.07) is 19.8. The second-order valence-electron chi connectivity index (χ2n) is 7.94. The van der Waals surface area contributed by atoms with E-state index in [4.69, 9.17) is 4.74 Å². The lowest BCUT2D eigenvalue weighted by molar-refractivity contribution is 0.0690. The summed E-state index contributed by atoms with van der Waals surface area (Å²) in [7, 11) is 0. The minimum Gasteiger partial charge on any atom is -0.508 e. The molecule has 0 aromatic heterocycles. The summed E-state index contributed by atoms with van der Waals surface area (Å²) in [6.45, 7) is 4.83. The molecule has 0 aliphatic rings. The molecule has 0 bridgehead atoms. The van der Waals surface area contributed by atoms with Crippen molar-refractivity contribution in [3.05, 3.63) is 83.4 Å². The quantitative estimate of drug-likeness (QED) is 0.352. The Bertz CT molecular complexity index is 1050. The Balaban J connectivity index is 1.57. The van der Waals surface area contributed by atoms with E-state index in [1.807, 2.05) is 38.1 Å². The van der Waals surface area contributed by atoms with Crippen LogP contribution in [0.15, 0.2) is 66.7 Å².